The van der Waals surface area contributed by atoms with Crippen molar-refractivity contribution in [2.75, 3.05) is 0 Å². The summed E-state index contributed by atoms with van der Waals surface area (Å²) in [6.45, 7) is 2.63. The minimum Gasteiger partial charge on any atom is -0.349 e. The fourth-order valence-electron chi connectivity index (χ4n) is 4.10. The van der Waals surface area contributed by atoms with Gasteiger partial charge in [0.15, 0.2) is 0 Å². The smallest absolute Gasteiger partial charge is 0.228 e. The lowest BCUT2D eigenvalue weighted by Crippen LogP contribution is -2.49. The maximum absolute atomic E-state index is 13.1. The second-order valence-corrected chi connectivity index (χ2v) is 8.44. The van der Waals surface area contributed by atoms with E-state index in [2.05, 4.69) is 38.3 Å². The molecule has 2 N–H and O–H groups in total. The molecule has 7 heteroatoms. The summed E-state index contributed by atoms with van der Waals surface area (Å²) in [5, 5.41) is 11.9. The Kier molecular flexibility index (Phi) is 4.40. The Balaban J connectivity index is 1.49. The molecule has 2 bridgehead atoms. The third kappa shape index (κ3) is 2.89. The van der Waals surface area contributed by atoms with Gasteiger partial charge in [0, 0.05) is 29.3 Å². The van der Waals surface area contributed by atoms with Crippen molar-refractivity contribution in [2.24, 2.45) is 5.41 Å². The third-order valence-electron chi connectivity index (χ3n) is 5.31. The zero-order valence-corrected chi connectivity index (χ0v) is 15.4. The molecular weight excluding hydrogens is 340 g/mol. The second-order valence-electron chi connectivity index (χ2n) is 6.78. The van der Waals surface area contributed by atoms with E-state index in [1.165, 1.54) is 6.42 Å². The maximum Gasteiger partial charge on any atom is 0.228 e. The number of nitrogens with zero attached hydrogens (tertiary/aromatic N) is 2. The van der Waals surface area contributed by atoms with Crippen molar-refractivity contribution in [2.45, 2.75) is 57.7 Å². The molecule has 0 radical (unpaired) electrons. The predicted octanol–water partition coefficient (Wildman–Crippen LogP) is 2.53. The van der Waals surface area contributed by atoms with Gasteiger partial charge in [-0.05, 0) is 25.7 Å². The highest BCUT2D eigenvalue weighted by molar-refractivity contribution is 7.09. The van der Waals surface area contributed by atoms with Gasteiger partial charge in [0.05, 0.1) is 28.9 Å². The lowest BCUT2D eigenvalue weighted by atomic mass is 9.70. The summed E-state index contributed by atoms with van der Waals surface area (Å²) in [7, 11) is 0. The SMILES string of the molecule is CCc1csc(CNC(=O)[C@]2(Cc3cscn3)C[C@@H]3CC[C@H]2N3)n1. The van der Waals surface area contributed by atoms with Crippen LogP contribution in [-0.2, 0) is 24.2 Å². The predicted molar refractivity (Wildman–Crippen MR) is 96.2 cm³/mol. The molecule has 4 heterocycles. The average molecular weight is 363 g/mol. The molecule has 2 aromatic heterocycles. The zero-order valence-electron chi connectivity index (χ0n) is 13.7. The standard InChI is InChI=1S/C17H22N4OS2/c1-2-11-9-24-15(21-11)7-18-16(22)17(6-13-8-23-10-19-13)5-12-3-4-14(17)20-12/h8-10,12,14,20H,2-7H2,1H3,(H,18,22)/t12-,14+,17-/m0/s1. The van der Waals surface area contributed by atoms with Crippen LogP contribution in [0.25, 0.3) is 0 Å². The number of aromatic nitrogens is 2. The van der Waals surface area contributed by atoms with Gasteiger partial charge in [-0.1, -0.05) is 6.92 Å². The van der Waals surface area contributed by atoms with Gasteiger partial charge in [0.1, 0.15) is 5.01 Å². The van der Waals surface area contributed by atoms with Crippen molar-refractivity contribution in [3.63, 3.8) is 0 Å². The van der Waals surface area contributed by atoms with E-state index in [4.69, 9.17) is 0 Å². The summed E-state index contributed by atoms with van der Waals surface area (Å²) in [4.78, 5) is 22.1. The number of rotatable bonds is 6. The van der Waals surface area contributed by atoms with Crippen LogP contribution in [0.5, 0.6) is 0 Å². The molecule has 2 fully saturated rings. The molecule has 0 saturated carbocycles. The maximum atomic E-state index is 13.1. The molecule has 0 aromatic carbocycles. The Labute approximate surface area is 149 Å². The second kappa shape index (κ2) is 6.54. The number of fused-ring (bicyclic) bond motifs is 2. The van der Waals surface area contributed by atoms with Crippen molar-refractivity contribution >= 4 is 28.6 Å². The van der Waals surface area contributed by atoms with Crippen LogP contribution in [0, 0.1) is 5.41 Å². The summed E-state index contributed by atoms with van der Waals surface area (Å²) in [5.41, 5.74) is 3.63. The van der Waals surface area contributed by atoms with Crippen LogP contribution >= 0.6 is 22.7 Å². The van der Waals surface area contributed by atoms with Gasteiger partial charge in [-0.2, -0.15) is 0 Å². The minimum absolute atomic E-state index is 0.156. The number of amides is 1. The van der Waals surface area contributed by atoms with Gasteiger partial charge in [-0.25, -0.2) is 9.97 Å². The monoisotopic (exact) mass is 362 g/mol. The number of carbonyl (C=O) groups excluding carboxylic acids is 1. The number of aryl methyl sites for hydroxylation is 1. The lowest BCUT2D eigenvalue weighted by Gasteiger charge is -2.34. The Morgan fingerprint density at radius 1 is 1.42 bits per heavy atom. The molecule has 2 aliphatic rings. The van der Waals surface area contributed by atoms with E-state index in [0.29, 0.717) is 12.6 Å². The molecular formula is C17H22N4OS2. The molecule has 2 aromatic rings. The van der Waals surface area contributed by atoms with Gasteiger partial charge >= 0.3 is 0 Å². The molecule has 128 valence electrons. The van der Waals surface area contributed by atoms with E-state index >= 15 is 0 Å². The van der Waals surface area contributed by atoms with Crippen LogP contribution < -0.4 is 10.6 Å². The first-order valence-electron chi connectivity index (χ1n) is 8.54. The first-order valence-corrected chi connectivity index (χ1v) is 10.4. The van der Waals surface area contributed by atoms with Gasteiger partial charge in [0.25, 0.3) is 0 Å². The first kappa shape index (κ1) is 16.2. The molecule has 0 spiro atoms. The number of hydrogen-bond acceptors (Lipinski definition) is 6. The Morgan fingerprint density at radius 2 is 2.33 bits per heavy atom. The first-order chi connectivity index (χ1) is 11.7. The van der Waals surface area contributed by atoms with Crippen molar-refractivity contribution in [1.29, 1.82) is 0 Å². The van der Waals surface area contributed by atoms with Crippen LogP contribution in [0.4, 0.5) is 0 Å². The Morgan fingerprint density at radius 3 is 2.96 bits per heavy atom. The zero-order chi connectivity index (χ0) is 16.6. The highest BCUT2D eigenvalue weighted by atomic mass is 32.1. The van der Waals surface area contributed by atoms with Crippen LogP contribution in [-0.4, -0.2) is 28.0 Å². The summed E-state index contributed by atoms with van der Waals surface area (Å²) >= 11 is 3.22. The molecule has 1 amide bonds. The molecule has 24 heavy (non-hydrogen) atoms. The van der Waals surface area contributed by atoms with Crippen LogP contribution in [0.2, 0.25) is 0 Å². The van der Waals surface area contributed by atoms with Crippen molar-refractivity contribution in [1.82, 2.24) is 20.6 Å². The molecule has 2 saturated heterocycles. The number of nitrogens with one attached hydrogen (secondary N) is 2. The average Bonchev–Trinajstić information content (AvgIpc) is 3.36. The van der Waals surface area contributed by atoms with Crippen LogP contribution in [0.3, 0.4) is 0 Å². The Hall–Kier alpha value is -1.31. The van der Waals surface area contributed by atoms with E-state index in [1.54, 1.807) is 22.7 Å². The quantitative estimate of drug-likeness (QED) is 0.829. The van der Waals surface area contributed by atoms with E-state index in [1.807, 2.05) is 5.51 Å². The Bertz CT molecular complexity index is 714. The molecule has 0 unspecified atom stereocenters. The molecule has 4 rings (SSSR count). The highest BCUT2D eigenvalue weighted by Gasteiger charge is 2.55. The number of hydrogen-bond donors (Lipinski definition) is 2. The molecule has 0 aliphatic carbocycles. The number of thiazole rings is 2. The largest absolute Gasteiger partial charge is 0.349 e. The number of carbonyl (C=O) groups is 1. The van der Waals surface area contributed by atoms with Crippen LogP contribution in [0.1, 0.15) is 42.6 Å². The van der Waals surface area contributed by atoms with Crippen molar-refractivity contribution < 1.29 is 4.79 Å². The fourth-order valence-corrected chi connectivity index (χ4v) is 5.47. The van der Waals surface area contributed by atoms with Crippen molar-refractivity contribution in [3.8, 4) is 0 Å². The van der Waals surface area contributed by atoms with E-state index < -0.39 is 0 Å². The molecule has 3 atom stereocenters. The minimum atomic E-state index is -0.359. The van der Waals surface area contributed by atoms with Crippen LogP contribution in [0.15, 0.2) is 16.3 Å². The van der Waals surface area contributed by atoms with Gasteiger partial charge < -0.3 is 10.6 Å². The van der Waals surface area contributed by atoms with Crippen molar-refractivity contribution in [3.05, 3.63) is 32.7 Å². The normalized spacial score (nSPS) is 28.4. The van der Waals surface area contributed by atoms with Gasteiger partial charge in [0.2, 0.25) is 5.91 Å². The van der Waals surface area contributed by atoms with Gasteiger partial charge in [-0.3, -0.25) is 4.79 Å². The fraction of sp³-hybridized carbons (Fsp3) is 0.588. The van der Waals surface area contributed by atoms with E-state index in [9.17, 15) is 4.79 Å². The lowest BCUT2D eigenvalue weighted by molar-refractivity contribution is -0.132. The molecule has 5 nitrogen and oxygen atoms in total. The molecule has 2 aliphatic heterocycles. The third-order valence-corrected chi connectivity index (χ3v) is 6.85. The van der Waals surface area contributed by atoms with Gasteiger partial charge in [-0.15, -0.1) is 22.7 Å². The summed E-state index contributed by atoms with van der Waals surface area (Å²) in [6, 6.07) is 0.748. The van der Waals surface area contributed by atoms with E-state index in [-0.39, 0.29) is 17.4 Å². The van der Waals surface area contributed by atoms with E-state index in [0.717, 1.165) is 42.1 Å². The summed E-state index contributed by atoms with van der Waals surface area (Å²) in [5.74, 6) is 0.156. The topological polar surface area (TPSA) is 66.9 Å². The summed E-state index contributed by atoms with van der Waals surface area (Å²) in [6.07, 6.45) is 4.85. The highest BCUT2D eigenvalue weighted by Crippen LogP contribution is 2.45. The summed E-state index contributed by atoms with van der Waals surface area (Å²) < 4.78 is 0.